The molecule has 1 aliphatic rings. The van der Waals surface area contributed by atoms with Gasteiger partial charge in [-0.25, -0.2) is 9.18 Å². The number of urea groups is 1. The van der Waals surface area contributed by atoms with Gasteiger partial charge in [0.1, 0.15) is 5.82 Å². The summed E-state index contributed by atoms with van der Waals surface area (Å²) in [6, 6.07) is 16.5. The first-order chi connectivity index (χ1) is 12.2. The second kappa shape index (κ2) is 8.44. The van der Waals surface area contributed by atoms with E-state index in [1.54, 1.807) is 29.3 Å². The minimum absolute atomic E-state index is 0.119. The average molecular weight is 339 g/mol. The number of benzene rings is 2. The van der Waals surface area contributed by atoms with Gasteiger partial charge in [0.25, 0.3) is 0 Å². The Balaban J connectivity index is 1.44. The molecule has 5 heteroatoms. The number of halogens is 1. The highest BCUT2D eigenvalue weighted by atomic mass is 19.1. The molecule has 130 valence electrons. The molecule has 1 fully saturated rings. The van der Waals surface area contributed by atoms with Crippen molar-refractivity contribution in [1.29, 1.82) is 0 Å². The van der Waals surface area contributed by atoms with Gasteiger partial charge < -0.3 is 10.2 Å². The van der Waals surface area contributed by atoms with E-state index in [0.29, 0.717) is 18.7 Å². The third-order valence-corrected chi connectivity index (χ3v) is 4.24. The van der Waals surface area contributed by atoms with Crippen molar-refractivity contribution < 1.29 is 9.18 Å². The molecular weight excluding hydrogens is 317 g/mol. The summed E-state index contributed by atoms with van der Waals surface area (Å²) in [6.45, 7) is 4.03. The Bertz CT molecular complexity index is 725. The Morgan fingerprint density at radius 2 is 1.80 bits per heavy atom. The lowest BCUT2D eigenvalue weighted by Crippen LogP contribution is -2.50. The Labute approximate surface area is 147 Å². The zero-order valence-electron chi connectivity index (χ0n) is 14.1. The van der Waals surface area contributed by atoms with Crippen LogP contribution in [0.15, 0.2) is 60.8 Å². The second-order valence-electron chi connectivity index (χ2n) is 6.09. The van der Waals surface area contributed by atoms with Crippen LogP contribution in [0.3, 0.4) is 0 Å². The summed E-state index contributed by atoms with van der Waals surface area (Å²) in [5.74, 6) is -0.289. The van der Waals surface area contributed by atoms with Gasteiger partial charge >= 0.3 is 6.03 Å². The Morgan fingerprint density at radius 1 is 1.04 bits per heavy atom. The Kier molecular flexibility index (Phi) is 5.80. The van der Waals surface area contributed by atoms with Crippen LogP contribution in [0.1, 0.15) is 11.1 Å². The number of nitrogens with one attached hydrogen (secondary N) is 1. The molecule has 2 amide bonds. The first kappa shape index (κ1) is 17.2. The van der Waals surface area contributed by atoms with E-state index in [1.807, 2.05) is 18.2 Å². The molecule has 0 radical (unpaired) electrons. The van der Waals surface area contributed by atoms with Gasteiger partial charge in [0, 0.05) is 38.9 Å². The van der Waals surface area contributed by atoms with Gasteiger partial charge in [-0.2, -0.15) is 0 Å². The largest absolute Gasteiger partial charge is 0.322 e. The molecular formula is C20H22FN3O. The second-order valence-corrected chi connectivity index (χ2v) is 6.09. The van der Waals surface area contributed by atoms with Crippen LogP contribution < -0.4 is 5.32 Å². The maximum Gasteiger partial charge on any atom is 0.321 e. The first-order valence-electron chi connectivity index (χ1n) is 8.44. The maximum absolute atomic E-state index is 13.1. The van der Waals surface area contributed by atoms with Crippen molar-refractivity contribution in [3.8, 4) is 0 Å². The fourth-order valence-electron chi connectivity index (χ4n) is 2.86. The highest BCUT2D eigenvalue weighted by Crippen LogP contribution is 2.09. The predicted molar refractivity (Wildman–Crippen MR) is 97.3 cm³/mol. The van der Waals surface area contributed by atoms with E-state index in [4.69, 9.17) is 0 Å². The monoisotopic (exact) mass is 339 g/mol. The van der Waals surface area contributed by atoms with Crippen molar-refractivity contribution in [2.45, 2.75) is 6.54 Å². The van der Waals surface area contributed by atoms with Gasteiger partial charge in [0.2, 0.25) is 0 Å². The minimum atomic E-state index is -0.289. The molecule has 1 N–H and O–H groups in total. The van der Waals surface area contributed by atoms with E-state index < -0.39 is 0 Å². The van der Waals surface area contributed by atoms with E-state index >= 15 is 0 Å². The Morgan fingerprint density at radius 3 is 2.52 bits per heavy atom. The summed E-state index contributed by atoms with van der Waals surface area (Å²) in [5, 5.41) is 2.75. The van der Waals surface area contributed by atoms with Crippen molar-refractivity contribution in [3.63, 3.8) is 0 Å². The number of piperazine rings is 1. The fraction of sp³-hybridized carbons (Fsp3) is 0.250. The predicted octanol–water partition coefficient (Wildman–Crippen LogP) is 3.32. The Hall–Kier alpha value is -2.66. The van der Waals surface area contributed by atoms with Gasteiger partial charge in [0.15, 0.2) is 0 Å². The molecule has 2 aromatic carbocycles. The van der Waals surface area contributed by atoms with Crippen molar-refractivity contribution in [3.05, 3.63) is 77.7 Å². The molecule has 4 nitrogen and oxygen atoms in total. The number of amides is 2. The molecule has 1 saturated heterocycles. The number of hydrogen-bond acceptors (Lipinski definition) is 2. The lowest BCUT2D eigenvalue weighted by Gasteiger charge is -2.34. The maximum atomic E-state index is 13.1. The normalized spacial score (nSPS) is 15.5. The van der Waals surface area contributed by atoms with E-state index in [9.17, 15) is 9.18 Å². The van der Waals surface area contributed by atoms with Crippen molar-refractivity contribution in [2.24, 2.45) is 0 Å². The summed E-state index contributed by atoms with van der Waals surface area (Å²) >= 11 is 0. The van der Waals surface area contributed by atoms with Crippen LogP contribution >= 0.6 is 0 Å². The zero-order valence-corrected chi connectivity index (χ0v) is 14.1. The van der Waals surface area contributed by atoms with E-state index in [2.05, 4.69) is 22.3 Å². The lowest BCUT2D eigenvalue weighted by atomic mass is 10.2. The molecule has 0 saturated carbocycles. The van der Waals surface area contributed by atoms with Crippen molar-refractivity contribution >= 4 is 12.1 Å². The summed E-state index contributed by atoms with van der Waals surface area (Å²) in [5.41, 5.74) is 2.01. The summed E-state index contributed by atoms with van der Waals surface area (Å²) < 4.78 is 13.1. The highest BCUT2D eigenvalue weighted by Gasteiger charge is 2.20. The molecule has 0 atom stereocenters. The molecule has 0 aromatic heterocycles. The molecule has 1 aliphatic heterocycles. The van der Waals surface area contributed by atoms with Crippen molar-refractivity contribution in [2.75, 3.05) is 26.2 Å². The van der Waals surface area contributed by atoms with Gasteiger partial charge in [0.05, 0.1) is 0 Å². The number of nitrogens with zero attached hydrogens (tertiary/aromatic N) is 2. The van der Waals surface area contributed by atoms with Crippen LogP contribution in [-0.4, -0.2) is 42.0 Å². The number of carbonyl (C=O) groups excluding carboxylic acids is 1. The molecule has 25 heavy (non-hydrogen) atoms. The molecule has 3 rings (SSSR count). The van der Waals surface area contributed by atoms with Crippen LogP contribution in [0.25, 0.3) is 6.08 Å². The summed E-state index contributed by atoms with van der Waals surface area (Å²) in [4.78, 5) is 16.3. The molecule has 0 aliphatic carbocycles. The van der Waals surface area contributed by atoms with E-state index in [1.165, 1.54) is 17.7 Å². The van der Waals surface area contributed by atoms with Crippen LogP contribution in [0.2, 0.25) is 0 Å². The van der Waals surface area contributed by atoms with Gasteiger partial charge in [-0.3, -0.25) is 4.90 Å². The third-order valence-electron chi connectivity index (χ3n) is 4.24. The standard InChI is InChI=1S/C20H22FN3O/c21-19-8-4-7-17(15-19)9-10-22-20(25)24-13-11-23(12-14-24)16-18-5-2-1-3-6-18/h1-10,15H,11-14,16H2,(H,22,25)/b10-9+. The van der Waals surface area contributed by atoms with Gasteiger partial charge in [-0.05, 0) is 29.3 Å². The van der Waals surface area contributed by atoms with Crippen LogP contribution in [-0.2, 0) is 6.54 Å². The fourth-order valence-corrected chi connectivity index (χ4v) is 2.86. The van der Waals surface area contributed by atoms with E-state index in [-0.39, 0.29) is 11.8 Å². The van der Waals surface area contributed by atoms with Crippen molar-refractivity contribution in [1.82, 2.24) is 15.1 Å². The number of hydrogen-bond donors (Lipinski definition) is 1. The smallest absolute Gasteiger partial charge is 0.321 e. The molecule has 0 unspecified atom stereocenters. The zero-order chi connectivity index (χ0) is 17.5. The van der Waals surface area contributed by atoms with E-state index in [0.717, 1.165) is 19.6 Å². The SMILES string of the molecule is O=C(N/C=C/c1cccc(F)c1)N1CCN(Cc2ccccc2)CC1. The van der Waals surface area contributed by atoms with Crippen LogP contribution in [0.4, 0.5) is 9.18 Å². The van der Waals surface area contributed by atoms with Gasteiger partial charge in [-0.1, -0.05) is 42.5 Å². The average Bonchev–Trinajstić information content (AvgIpc) is 2.63. The number of carbonyl (C=O) groups is 1. The summed E-state index contributed by atoms with van der Waals surface area (Å²) in [6.07, 6.45) is 3.25. The quantitative estimate of drug-likeness (QED) is 0.927. The topological polar surface area (TPSA) is 35.6 Å². The first-order valence-corrected chi connectivity index (χ1v) is 8.44. The molecule has 0 bridgehead atoms. The van der Waals surface area contributed by atoms with Gasteiger partial charge in [-0.15, -0.1) is 0 Å². The third kappa shape index (κ3) is 5.16. The highest BCUT2D eigenvalue weighted by molar-refractivity contribution is 5.76. The summed E-state index contributed by atoms with van der Waals surface area (Å²) in [7, 11) is 0. The lowest BCUT2D eigenvalue weighted by molar-refractivity contribution is 0.137. The minimum Gasteiger partial charge on any atom is -0.322 e. The van der Waals surface area contributed by atoms with Crippen LogP contribution in [0.5, 0.6) is 0 Å². The molecule has 1 heterocycles. The number of rotatable bonds is 4. The molecule has 2 aromatic rings. The molecule has 0 spiro atoms. The van der Waals surface area contributed by atoms with Crippen LogP contribution in [0, 0.1) is 5.82 Å².